The number of likely N-dealkylation sites (tertiary alicyclic amines) is 1. The van der Waals surface area contributed by atoms with E-state index in [-0.39, 0.29) is 23.9 Å². The molecule has 3 unspecified atom stereocenters. The fourth-order valence-corrected chi connectivity index (χ4v) is 3.01. The van der Waals surface area contributed by atoms with Gasteiger partial charge < -0.3 is 15.5 Å². The molecule has 108 valence electrons. The molecule has 0 saturated carbocycles. The molecule has 0 aliphatic carbocycles. The lowest BCUT2D eigenvalue weighted by atomic mass is 9.92. The van der Waals surface area contributed by atoms with Crippen molar-refractivity contribution in [1.29, 1.82) is 0 Å². The second-order valence-corrected chi connectivity index (χ2v) is 5.90. The van der Waals surface area contributed by atoms with Gasteiger partial charge in [-0.2, -0.15) is 0 Å². The minimum Gasteiger partial charge on any atom is -0.351 e. The molecule has 0 radical (unpaired) electrons. The van der Waals surface area contributed by atoms with Crippen molar-refractivity contribution in [3.8, 4) is 0 Å². The molecule has 2 aliphatic heterocycles. The Balaban J connectivity index is 1.79. The molecule has 0 aromatic heterocycles. The number of carbonyl (C=O) groups is 2. The molecule has 2 aliphatic rings. The zero-order valence-corrected chi connectivity index (χ0v) is 11.9. The van der Waals surface area contributed by atoms with Crippen LogP contribution in [-0.4, -0.2) is 48.4 Å². The van der Waals surface area contributed by atoms with E-state index in [4.69, 9.17) is 0 Å². The molecule has 19 heavy (non-hydrogen) atoms. The van der Waals surface area contributed by atoms with Crippen molar-refractivity contribution in [2.24, 2.45) is 5.92 Å². The molecule has 2 saturated heterocycles. The summed E-state index contributed by atoms with van der Waals surface area (Å²) in [6.45, 7) is 6.46. The summed E-state index contributed by atoms with van der Waals surface area (Å²) in [6.07, 6.45) is 3.84. The number of hydrogen-bond donors (Lipinski definition) is 2. The van der Waals surface area contributed by atoms with Gasteiger partial charge in [0, 0.05) is 25.6 Å². The lowest BCUT2D eigenvalue weighted by molar-refractivity contribution is -0.129. The number of nitrogens with zero attached hydrogens (tertiary/aromatic N) is 1. The van der Waals surface area contributed by atoms with Gasteiger partial charge >= 0.3 is 0 Å². The highest BCUT2D eigenvalue weighted by Crippen LogP contribution is 2.16. The smallest absolute Gasteiger partial charge is 0.237 e. The molecule has 2 heterocycles. The van der Waals surface area contributed by atoms with Crippen molar-refractivity contribution in [2.45, 2.75) is 51.6 Å². The van der Waals surface area contributed by atoms with Crippen LogP contribution in [0.2, 0.25) is 0 Å². The summed E-state index contributed by atoms with van der Waals surface area (Å²) in [7, 11) is 0. The molecule has 2 amide bonds. The van der Waals surface area contributed by atoms with Crippen molar-refractivity contribution in [1.82, 2.24) is 15.5 Å². The SMILES string of the molecule is CC(CN1CCCC1=O)NC(=O)C1NCCCC1C. The summed E-state index contributed by atoms with van der Waals surface area (Å²) in [4.78, 5) is 25.6. The summed E-state index contributed by atoms with van der Waals surface area (Å²) in [6, 6.07) is -0.0593. The largest absolute Gasteiger partial charge is 0.351 e. The third kappa shape index (κ3) is 3.69. The van der Waals surface area contributed by atoms with E-state index in [9.17, 15) is 9.59 Å². The topological polar surface area (TPSA) is 61.4 Å². The average Bonchev–Trinajstić information content (AvgIpc) is 2.75. The van der Waals surface area contributed by atoms with Crippen molar-refractivity contribution >= 4 is 11.8 Å². The summed E-state index contributed by atoms with van der Waals surface area (Å²) < 4.78 is 0. The predicted molar refractivity (Wildman–Crippen MR) is 73.6 cm³/mol. The normalized spacial score (nSPS) is 29.4. The van der Waals surface area contributed by atoms with Crippen molar-refractivity contribution in [3.05, 3.63) is 0 Å². The first kappa shape index (κ1) is 14.3. The van der Waals surface area contributed by atoms with Crippen LogP contribution in [-0.2, 0) is 9.59 Å². The molecule has 0 aromatic rings. The zero-order chi connectivity index (χ0) is 13.8. The second-order valence-electron chi connectivity index (χ2n) is 5.90. The third-order valence-corrected chi connectivity index (χ3v) is 4.11. The van der Waals surface area contributed by atoms with E-state index in [1.807, 2.05) is 11.8 Å². The Morgan fingerprint density at radius 1 is 1.53 bits per heavy atom. The Morgan fingerprint density at radius 3 is 2.95 bits per heavy atom. The van der Waals surface area contributed by atoms with Gasteiger partial charge in [-0.15, -0.1) is 0 Å². The maximum absolute atomic E-state index is 12.2. The Labute approximate surface area is 115 Å². The predicted octanol–water partition coefficient (Wildman–Crippen LogP) is 0.502. The van der Waals surface area contributed by atoms with Crippen molar-refractivity contribution in [3.63, 3.8) is 0 Å². The van der Waals surface area contributed by atoms with Crippen LogP contribution >= 0.6 is 0 Å². The van der Waals surface area contributed by atoms with Gasteiger partial charge in [0.25, 0.3) is 0 Å². The first-order chi connectivity index (χ1) is 9.08. The van der Waals surface area contributed by atoms with Crippen LogP contribution in [0.3, 0.4) is 0 Å². The van der Waals surface area contributed by atoms with Crippen LogP contribution in [0.25, 0.3) is 0 Å². The standard InChI is InChI=1S/C14H25N3O2/c1-10-5-3-7-15-13(10)14(19)16-11(2)9-17-8-4-6-12(17)18/h10-11,13,15H,3-9H2,1-2H3,(H,16,19). The monoisotopic (exact) mass is 267 g/mol. The van der Waals surface area contributed by atoms with E-state index in [0.29, 0.717) is 18.9 Å². The lowest BCUT2D eigenvalue weighted by Crippen LogP contribution is -2.54. The summed E-state index contributed by atoms with van der Waals surface area (Å²) in [5, 5.41) is 6.32. The molecule has 3 atom stereocenters. The fraction of sp³-hybridized carbons (Fsp3) is 0.857. The van der Waals surface area contributed by atoms with Gasteiger partial charge in [-0.25, -0.2) is 0 Å². The number of piperidine rings is 1. The lowest BCUT2D eigenvalue weighted by Gasteiger charge is -2.30. The van der Waals surface area contributed by atoms with Crippen LogP contribution in [0.1, 0.15) is 39.5 Å². The maximum atomic E-state index is 12.2. The van der Waals surface area contributed by atoms with E-state index in [1.165, 1.54) is 0 Å². The molecule has 2 rings (SSSR count). The first-order valence-corrected chi connectivity index (χ1v) is 7.39. The number of rotatable bonds is 4. The van der Waals surface area contributed by atoms with Gasteiger partial charge in [0.05, 0.1) is 6.04 Å². The van der Waals surface area contributed by atoms with Gasteiger partial charge in [-0.3, -0.25) is 9.59 Å². The van der Waals surface area contributed by atoms with Gasteiger partial charge in [0.1, 0.15) is 0 Å². The quantitative estimate of drug-likeness (QED) is 0.780. The highest BCUT2D eigenvalue weighted by Gasteiger charge is 2.29. The van der Waals surface area contributed by atoms with E-state index < -0.39 is 0 Å². The van der Waals surface area contributed by atoms with E-state index >= 15 is 0 Å². The highest BCUT2D eigenvalue weighted by atomic mass is 16.2. The molecule has 2 N–H and O–H groups in total. The Morgan fingerprint density at radius 2 is 2.32 bits per heavy atom. The fourth-order valence-electron chi connectivity index (χ4n) is 3.01. The molecule has 0 aromatic carbocycles. The van der Waals surface area contributed by atoms with Crippen LogP contribution in [0.15, 0.2) is 0 Å². The molecule has 5 nitrogen and oxygen atoms in total. The van der Waals surface area contributed by atoms with Gasteiger partial charge in [-0.1, -0.05) is 6.92 Å². The molecular formula is C14H25N3O2. The van der Waals surface area contributed by atoms with E-state index in [0.717, 1.165) is 32.4 Å². The van der Waals surface area contributed by atoms with Crippen LogP contribution in [0.4, 0.5) is 0 Å². The van der Waals surface area contributed by atoms with Gasteiger partial charge in [0.2, 0.25) is 11.8 Å². The number of amides is 2. The molecule has 2 fully saturated rings. The van der Waals surface area contributed by atoms with E-state index in [1.54, 1.807) is 0 Å². The van der Waals surface area contributed by atoms with Gasteiger partial charge in [0.15, 0.2) is 0 Å². The number of nitrogens with one attached hydrogen (secondary N) is 2. The number of hydrogen-bond acceptors (Lipinski definition) is 3. The average molecular weight is 267 g/mol. The minimum atomic E-state index is -0.0783. The zero-order valence-electron chi connectivity index (χ0n) is 11.9. The van der Waals surface area contributed by atoms with Crippen molar-refractivity contribution < 1.29 is 9.59 Å². The van der Waals surface area contributed by atoms with Gasteiger partial charge in [-0.05, 0) is 38.6 Å². The summed E-state index contributed by atoms with van der Waals surface area (Å²) >= 11 is 0. The molecule has 0 bridgehead atoms. The highest BCUT2D eigenvalue weighted by molar-refractivity contribution is 5.82. The molecular weight excluding hydrogens is 242 g/mol. The number of carbonyl (C=O) groups excluding carboxylic acids is 2. The van der Waals surface area contributed by atoms with Crippen molar-refractivity contribution in [2.75, 3.05) is 19.6 Å². The minimum absolute atomic E-state index is 0.0190. The summed E-state index contributed by atoms with van der Waals surface area (Å²) in [5.74, 6) is 0.672. The first-order valence-electron chi connectivity index (χ1n) is 7.39. The Hall–Kier alpha value is -1.10. The summed E-state index contributed by atoms with van der Waals surface area (Å²) in [5.41, 5.74) is 0. The molecule has 0 spiro atoms. The maximum Gasteiger partial charge on any atom is 0.237 e. The van der Waals surface area contributed by atoms with E-state index in [2.05, 4.69) is 17.6 Å². The Bertz CT molecular complexity index is 346. The van der Waals surface area contributed by atoms with Crippen LogP contribution in [0, 0.1) is 5.92 Å². The third-order valence-electron chi connectivity index (χ3n) is 4.11. The van der Waals surface area contributed by atoms with Crippen LogP contribution < -0.4 is 10.6 Å². The second kappa shape index (κ2) is 6.37. The Kier molecular flexibility index (Phi) is 4.80. The molecule has 5 heteroatoms. The van der Waals surface area contributed by atoms with Crippen LogP contribution in [0.5, 0.6) is 0 Å².